The molecule has 2 rings (SSSR count). The van der Waals surface area contributed by atoms with E-state index in [9.17, 15) is 9.59 Å². The van der Waals surface area contributed by atoms with Crippen molar-refractivity contribution in [2.45, 2.75) is 6.92 Å². The van der Waals surface area contributed by atoms with Crippen molar-refractivity contribution < 1.29 is 9.59 Å². The van der Waals surface area contributed by atoms with Crippen LogP contribution in [0.5, 0.6) is 0 Å². The van der Waals surface area contributed by atoms with Gasteiger partial charge in [-0.05, 0) is 59.0 Å². The van der Waals surface area contributed by atoms with Gasteiger partial charge >= 0.3 is 0 Å². The number of imide groups is 1. The predicted molar refractivity (Wildman–Crippen MR) is 77.5 cm³/mol. The van der Waals surface area contributed by atoms with Crippen molar-refractivity contribution in [1.82, 2.24) is 4.90 Å². The molecule has 0 unspecified atom stereocenters. The van der Waals surface area contributed by atoms with Crippen LogP contribution in [0.2, 0.25) is 0 Å². The number of thioether (sulfide) groups is 1. The lowest BCUT2D eigenvalue weighted by Crippen LogP contribution is -2.27. The molecule has 0 radical (unpaired) electrons. The van der Waals surface area contributed by atoms with Gasteiger partial charge < -0.3 is 0 Å². The zero-order valence-corrected chi connectivity index (χ0v) is 12.1. The summed E-state index contributed by atoms with van der Waals surface area (Å²) in [5.41, 5.74) is 0.967. The average Bonchev–Trinajstić information content (AvgIpc) is 2.57. The minimum atomic E-state index is -0.192. The summed E-state index contributed by atoms with van der Waals surface area (Å²) in [5.74, 6) is -0.192. The Hall–Kier alpha value is -0.820. The number of nitrogens with zero attached hydrogens (tertiary/aromatic N) is 1. The zero-order valence-electron chi connectivity index (χ0n) is 9.14. The first-order valence-corrected chi connectivity index (χ1v) is 7.03. The summed E-state index contributed by atoms with van der Waals surface area (Å²) in [6.45, 7) is 2.22. The van der Waals surface area contributed by atoms with Gasteiger partial charge in [-0.15, -0.1) is 0 Å². The van der Waals surface area contributed by atoms with E-state index >= 15 is 0 Å². The van der Waals surface area contributed by atoms with Gasteiger partial charge in [0, 0.05) is 10.1 Å². The van der Waals surface area contributed by atoms with Gasteiger partial charge in [0.2, 0.25) is 0 Å². The molecule has 5 heteroatoms. The Kier molecular flexibility index (Phi) is 3.88. The lowest BCUT2D eigenvalue weighted by Gasteiger charge is -2.07. The van der Waals surface area contributed by atoms with Gasteiger partial charge in [0.05, 0.1) is 4.91 Å². The Morgan fingerprint density at radius 3 is 2.65 bits per heavy atom. The first-order valence-electron chi connectivity index (χ1n) is 5.13. The molecule has 1 aliphatic rings. The normalized spacial score (nSPS) is 18.2. The fourth-order valence-corrected chi connectivity index (χ4v) is 2.94. The van der Waals surface area contributed by atoms with Crippen LogP contribution in [0.1, 0.15) is 12.5 Å². The minimum Gasteiger partial charge on any atom is -0.269 e. The van der Waals surface area contributed by atoms with Crippen LogP contribution in [0.15, 0.2) is 29.2 Å². The maximum absolute atomic E-state index is 11.9. The molecule has 3 nitrogen and oxygen atoms in total. The Morgan fingerprint density at radius 2 is 2.06 bits per heavy atom. The van der Waals surface area contributed by atoms with Crippen molar-refractivity contribution in [3.8, 4) is 0 Å². The molecule has 0 spiro atoms. The highest BCUT2D eigenvalue weighted by Gasteiger charge is 2.33. The van der Waals surface area contributed by atoms with Crippen LogP contribution in [0.4, 0.5) is 4.79 Å². The van der Waals surface area contributed by atoms with Crippen LogP contribution in [0.25, 0.3) is 6.08 Å². The molecule has 0 bridgehead atoms. The van der Waals surface area contributed by atoms with Gasteiger partial charge in [0.15, 0.2) is 0 Å². The number of amides is 2. The standard InChI is InChI=1S/C12H10INO2S/c1-2-14-11(15)10(17-12(14)16)7-8-5-3-4-6-9(8)13/h3-7H,2H2,1H3/b10-7-. The van der Waals surface area contributed by atoms with E-state index in [4.69, 9.17) is 0 Å². The number of carbonyl (C=O) groups is 2. The third-order valence-corrected chi connectivity index (χ3v) is 4.27. The van der Waals surface area contributed by atoms with Crippen molar-refractivity contribution in [3.63, 3.8) is 0 Å². The molecule has 88 valence electrons. The Bertz CT molecular complexity index is 513. The third kappa shape index (κ3) is 2.55. The Labute approximate surface area is 117 Å². The number of hydrogen-bond donors (Lipinski definition) is 0. The summed E-state index contributed by atoms with van der Waals surface area (Å²) in [6.07, 6.45) is 1.78. The van der Waals surface area contributed by atoms with Gasteiger partial charge in [-0.2, -0.15) is 0 Å². The summed E-state index contributed by atoms with van der Waals surface area (Å²) < 4.78 is 1.06. The topological polar surface area (TPSA) is 37.4 Å². The first kappa shape index (κ1) is 12.6. The van der Waals surface area contributed by atoms with Gasteiger partial charge in [0.1, 0.15) is 0 Å². The fraction of sp³-hybridized carbons (Fsp3) is 0.167. The van der Waals surface area contributed by atoms with Crippen molar-refractivity contribution in [1.29, 1.82) is 0 Å². The number of hydrogen-bond acceptors (Lipinski definition) is 3. The van der Waals surface area contributed by atoms with Gasteiger partial charge in [-0.3, -0.25) is 14.5 Å². The van der Waals surface area contributed by atoms with Gasteiger partial charge in [0.25, 0.3) is 11.1 Å². The van der Waals surface area contributed by atoms with E-state index in [0.29, 0.717) is 11.4 Å². The molecule has 0 saturated carbocycles. The quantitative estimate of drug-likeness (QED) is 0.600. The fourth-order valence-electron chi connectivity index (χ4n) is 1.51. The Morgan fingerprint density at radius 1 is 1.35 bits per heavy atom. The van der Waals surface area contributed by atoms with E-state index in [1.54, 1.807) is 13.0 Å². The molecule has 1 aromatic rings. The predicted octanol–water partition coefficient (Wildman–Crippen LogP) is 3.35. The average molecular weight is 359 g/mol. The number of carbonyl (C=O) groups excluding carboxylic acids is 2. The largest absolute Gasteiger partial charge is 0.293 e. The van der Waals surface area contributed by atoms with E-state index in [0.717, 1.165) is 20.9 Å². The lowest BCUT2D eigenvalue weighted by atomic mass is 10.2. The van der Waals surface area contributed by atoms with E-state index in [-0.39, 0.29) is 11.1 Å². The summed E-state index contributed by atoms with van der Waals surface area (Å²) in [7, 11) is 0. The monoisotopic (exact) mass is 359 g/mol. The number of likely N-dealkylation sites (N-methyl/N-ethyl adjacent to an activating group) is 1. The van der Waals surface area contributed by atoms with E-state index < -0.39 is 0 Å². The second-order valence-electron chi connectivity index (χ2n) is 3.45. The van der Waals surface area contributed by atoms with Crippen LogP contribution in [-0.2, 0) is 4.79 Å². The molecule has 0 aromatic heterocycles. The second-order valence-corrected chi connectivity index (χ2v) is 5.60. The molecular weight excluding hydrogens is 349 g/mol. The van der Waals surface area contributed by atoms with Crippen LogP contribution in [0, 0.1) is 3.57 Å². The molecule has 1 saturated heterocycles. The van der Waals surface area contributed by atoms with E-state index in [1.165, 1.54) is 4.90 Å². The second kappa shape index (κ2) is 5.22. The molecular formula is C12H10INO2S. The molecule has 17 heavy (non-hydrogen) atoms. The highest BCUT2D eigenvalue weighted by Crippen LogP contribution is 2.32. The number of halogens is 1. The number of rotatable bonds is 2. The van der Waals surface area contributed by atoms with Crippen LogP contribution >= 0.6 is 34.4 Å². The van der Waals surface area contributed by atoms with E-state index in [2.05, 4.69) is 22.6 Å². The summed E-state index contributed by atoms with van der Waals surface area (Å²) in [6, 6.07) is 7.76. The SMILES string of the molecule is CCN1C(=O)S/C(=C\c2ccccc2I)C1=O. The maximum atomic E-state index is 11.9. The van der Waals surface area contributed by atoms with Gasteiger partial charge in [-0.1, -0.05) is 18.2 Å². The molecule has 1 aromatic carbocycles. The van der Waals surface area contributed by atoms with E-state index in [1.807, 2.05) is 24.3 Å². The van der Waals surface area contributed by atoms with Crippen LogP contribution < -0.4 is 0 Å². The summed E-state index contributed by atoms with van der Waals surface area (Å²) in [4.78, 5) is 25.2. The molecule has 1 aliphatic heterocycles. The maximum Gasteiger partial charge on any atom is 0.293 e. The molecule has 0 atom stereocenters. The zero-order chi connectivity index (χ0) is 12.4. The highest BCUT2D eigenvalue weighted by molar-refractivity contribution is 14.1. The third-order valence-electron chi connectivity index (χ3n) is 2.38. The van der Waals surface area contributed by atoms with Crippen LogP contribution in [0.3, 0.4) is 0 Å². The summed E-state index contributed by atoms with van der Waals surface area (Å²) in [5, 5.41) is -0.185. The van der Waals surface area contributed by atoms with Crippen molar-refractivity contribution in [2.75, 3.05) is 6.54 Å². The highest BCUT2D eigenvalue weighted by atomic mass is 127. The smallest absolute Gasteiger partial charge is 0.269 e. The summed E-state index contributed by atoms with van der Waals surface area (Å²) >= 11 is 3.22. The van der Waals surface area contributed by atoms with Crippen LogP contribution in [-0.4, -0.2) is 22.6 Å². The lowest BCUT2D eigenvalue weighted by molar-refractivity contribution is -0.122. The molecule has 1 fully saturated rings. The molecule has 1 heterocycles. The Balaban J connectivity index is 2.34. The van der Waals surface area contributed by atoms with Crippen molar-refractivity contribution in [2.24, 2.45) is 0 Å². The van der Waals surface area contributed by atoms with Crippen molar-refractivity contribution in [3.05, 3.63) is 38.3 Å². The molecule has 0 N–H and O–H groups in total. The number of benzene rings is 1. The minimum absolute atomic E-state index is 0.185. The molecule has 0 aliphatic carbocycles. The molecule has 2 amide bonds. The van der Waals surface area contributed by atoms with Gasteiger partial charge in [-0.25, -0.2) is 0 Å². The van der Waals surface area contributed by atoms with Crippen molar-refractivity contribution >= 4 is 51.6 Å². The first-order chi connectivity index (χ1) is 8.13.